The van der Waals surface area contributed by atoms with Crippen LogP contribution in [0.5, 0.6) is 0 Å². The Hall–Kier alpha value is -1.56. The Kier molecular flexibility index (Phi) is 3.30. The average Bonchev–Trinajstić information content (AvgIpc) is 2.27. The molecular weight excluding hydrogens is 245 g/mol. The van der Waals surface area contributed by atoms with Crippen LogP contribution in [0.3, 0.4) is 0 Å². The fourth-order valence-electron chi connectivity index (χ4n) is 1.93. The van der Waals surface area contributed by atoms with Crippen LogP contribution < -0.4 is 10.6 Å². The van der Waals surface area contributed by atoms with E-state index in [0.717, 1.165) is 12.1 Å². The summed E-state index contributed by atoms with van der Waals surface area (Å²) in [4.78, 5) is 11.4. The Morgan fingerprint density at radius 1 is 1.22 bits per heavy atom. The number of alkyl halides is 3. The van der Waals surface area contributed by atoms with E-state index in [-0.39, 0.29) is 11.9 Å². The Bertz CT molecular complexity index is 442. The van der Waals surface area contributed by atoms with Gasteiger partial charge < -0.3 is 5.32 Å². The number of hydrogen-bond acceptors (Lipinski definition) is 2. The highest BCUT2D eigenvalue weighted by atomic mass is 19.4. The number of halogens is 3. The van der Waals surface area contributed by atoms with Crippen molar-refractivity contribution >= 4 is 5.91 Å². The fourth-order valence-corrected chi connectivity index (χ4v) is 1.93. The molecular formula is C12H13F3N2O. The van der Waals surface area contributed by atoms with Crippen LogP contribution in [0.2, 0.25) is 0 Å². The van der Waals surface area contributed by atoms with E-state index in [9.17, 15) is 18.0 Å². The SMILES string of the molecule is CC1CC(=O)NC(c2ccc(C(F)(F)F)cc2)N1. The molecule has 2 unspecified atom stereocenters. The fraction of sp³-hybridized carbons (Fsp3) is 0.417. The van der Waals surface area contributed by atoms with Gasteiger partial charge in [-0.05, 0) is 24.6 Å². The number of carbonyl (C=O) groups is 1. The zero-order valence-corrected chi connectivity index (χ0v) is 9.71. The predicted octanol–water partition coefficient (Wildman–Crippen LogP) is 2.20. The van der Waals surface area contributed by atoms with E-state index in [1.165, 1.54) is 12.1 Å². The van der Waals surface area contributed by atoms with E-state index in [1.54, 1.807) is 0 Å². The number of hydrogen-bond donors (Lipinski definition) is 2. The van der Waals surface area contributed by atoms with E-state index in [0.29, 0.717) is 12.0 Å². The van der Waals surface area contributed by atoms with Crippen molar-refractivity contribution in [2.45, 2.75) is 31.7 Å². The van der Waals surface area contributed by atoms with Crippen molar-refractivity contribution in [3.8, 4) is 0 Å². The highest BCUT2D eigenvalue weighted by molar-refractivity contribution is 5.77. The first-order chi connectivity index (χ1) is 8.36. The molecule has 2 N–H and O–H groups in total. The summed E-state index contributed by atoms with van der Waals surface area (Å²) in [5.74, 6) is -0.105. The van der Waals surface area contributed by atoms with E-state index in [4.69, 9.17) is 0 Å². The molecule has 1 aromatic carbocycles. The molecule has 1 fully saturated rings. The second-order valence-electron chi connectivity index (χ2n) is 4.39. The lowest BCUT2D eigenvalue weighted by Gasteiger charge is -2.30. The highest BCUT2D eigenvalue weighted by Crippen LogP contribution is 2.30. The molecule has 1 aromatic rings. The third kappa shape index (κ3) is 2.81. The number of nitrogens with one attached hydrogen (secondary N) is 2. The number of rotatable bonds is 1. The van der Waals surface area contributed by atoms with E-state index < -0.39 is 17.9 Å². The minimum absolute atomic E-state index is 0.00560. The van der Waals surface area contributed by atoms with Crippen molar-refractivity contribution in [1.82, 2.24) is 10.6 Å². The van der Waals surface area contributed by atoms with E-state index in [2.05, 4.69) is 10.6 Å². The highest BCUT2D eigenvalue weighted by Gasteiger charge is 2.31. The van der Waals surface area contributed by atoms with Crippen molar-refractivity contribution < 1.29 is 18.0 Å². The first-order valence-electron chi connectivity index (χ1n) is 5.59. The summed E-state index contributed by atoms with van der Waals surface area (Å²) in [6.45, 7) is 1.86. The van der Waals surface area contributed by atoms with Crippen LogP contribution >= 0.6 is 0 Å². The van der Waals surface area contributed by atoms with Crippen molar-refractivity contribution in [1.29, 1.82) is 0 Å². The predicted molar refractivity (Wildman–Crippen MR) is 59.5 cm³/mol. The van der Waals surface area contributed by atoms with Crippen molar-refractivity contribution in [2.75, 3.05) is 0 Å². The molecule has 0 bridgehead atoms. The zero-order chi connectivity index (χ0) is 13.3. The maximum absolute atomic E-state index is 12.4. The van der Waals surface area contributed by atoms with Gasteiger partial charge in [0.15, 0.2) is 0 Å². The molecule has 1 saturated heterocycles. The molecule has 0 aromatic heterocycles. The van der Waals surface area contributed by atoms with E-state index >= 15 is 0 Å². The standard InChI is InChI=1S/C12H13F3N2O/c1-7-6-10(18)17-11(16-7)8-2-4-9(5-3-8)12(13,14)15/h2-5,7,11,16H,6H2,1H3,(H,17,18). The lowest BCUT2D eigenvalue weighted by atomic mass is 10.1. The summed E-state index contributed by atoms with van der Waals surface area (Å²) < 4.78 is 37.2. The smallest absolute Gasteiger partial charge is 0.337 e. The van der Waals surface area contributed by atoms with Gasteiger partial charge in [-0.25, -0.2) is 0 Å². The summed E-state index contributed by atoms with van der Waals surface area (Å²) in [6.07, 6.45) is -4.39. The molecule has 3 nitrogen and oxygen atoms in total. The Morgan fingerprint density at radius 3 is 2.33 bits per heavy atom. The molecule has 1 aliphatic rings. The number of carbonyl (C=O) groups excluding carboxylic acids is 1. The average molecular weight is 258 g/mol. The Labute approximate surface area is 102 Å². The van der Waals surface area contributed by atoms with Gasteiger partial charge in [0.1, 0.15) is 6.17 Å². The molecule has 1 heterocycles. The minimum Gasteiger partial charge on any atom is -0.337 e. The second-order valence-corrected chi connectivity index (χ2v) is 4.39. The van der Waals surface area contributed by atoms with Gasteiger partial charge in [-0.2, -0.15) is 13.2 Å². The molecule has 98 valence electrons. The number of benzene rings is 1. The summed E-state index contributed by atoms with van der Waals surface area (Å²) in [6, 6.07) is 4.79. The van der Waals surface area contributed by atoms with Gasteiger partial charge in [-0.3, -0.25) is 10.1 Å². The van der Waals surface area contributed by atoms with Gasteiger partial charge in [0.2, 0.25) is 5.91 Å². The molecule has 6 heteroatoms. The molecule has 0 spiro atoms. The van der Waals surface area contributed by atoms with Crippen LogP contribution in [0.25, 0.3) is 0 Å². The van der Waals surface area contributed by atoms with Crippen LogP contribution in [-0.2, 0) is 11.0 Å². The third-order valence-electron chi connectivity index (χ3n) is 2.82. The van der Waals surface area contributed by atoms with E-state index in [1.807, 2.05) is 6.92 Å². The van der Waals surface area contributed by atoms with Crippen molar-refractivity contribution in [3.63, 3.8) is 0 Å². The molecule has 1 amide bonds. The van der Waals surface area contributed by atoms with Gasteiger partial charge >= 0.3 is 6.18 Å². The van der Waals surface area contributed by atoms with Gasteiger partial charge in [-0.1, -0.05) is 12.1 Å². The topological polar surface area (TPSA) is 41.1 Å². The Morgan fingerprint density at radius 2 is 1.83 bits per heavy atom. The molecule has 2 rings (SSSR count). The van der Waals surface area contributed by atoms with Gasteiger partial charge in [0, 0.05) is 12.5 Å². The quantitative estimate of drug-likeness (QED) is 0.810. The molecule has 0 radical (unpaired) electrons. The molecule has 1 aliphatic heterocycles. The molecule has 0 aliphatic carbocycles. The summed E-state index contributed by atoms with van der Waals surface area (Å²) in [5.41, 5.74) is -0.0793. The van der Waals surface area contributed by atoms with Gasteiger partial charge in [0.25, 0.3) is 0 Å². The van der Waals surface area contributed by atoms with Crippen LogP contribution in [0.4, 0.5) is 13.2 Å². The van der Waals surface area contributed by atoms with Crippen LogP contribution in [0.15, 0.2) is 24.3 Å². The van der Waals surface area contributed by atoms with Crippen molar-refractivity contribution in [2.24, 2.45) is 0 Å². The maximum atomic E-state index is 12.4. The van der Waals surface area contributed by atoms with Crippen molar-refractivity contribution in [3.05, 3.63) is 35.4 Å². The summed E-state index contributed by atoms with van der Waals surface area (Å²) >= 11 is 0. The van der Waals surface area contributed by atoms with Crippen LogP contribution in [0.1, 0.15) is 30.6 Å². The first-order valence-corrected chi connectivity index (χ1v) is 5.59. The summed E-state index contributed by atoms with van der Waals surface area (Å²) in [7, 11) is 0. The second kappa shape index (κ2) is 4.61. The minimum atomic E-state index is -4.34. The monoisotopic (exact) mass is 258 g/mol. The van der Waals surface area contributed by atoms with Gasteiger partial charge in [-0.15, -0.1) is 0 Å². The Balaban J connectivity index is 2.17. The lowest BCUT2D eigenvalue weighted by Crippen LogP contribution is -2.49. The molecule has 18 heavy (non-hydrogen) atoms. The largest absolute Gasteiger partial charge is 0.416 e. The zero-order valence-electron chi connectivity index (χ0n) is 9.71. The lowest BCUT2D eigenvalue weighted by molar-refractivity contribution is -0.137. The van der Waals surface area contributed by atoms with Crippen LogP contribution in [0, 0.1) is 0 Å². The third-order valence-corrected chi connectivity index (χ3v) is 2.82. The number of amides is 1. The van der Waals surface area contributed by atoms with Crippen LogP contribution in [-0.4, -0.2) is 11.9 Å². The first kappa shape index (κ1) is 12.9. The maximum Gasteiger partial charge on any atom is 0.416 e. The molecule has 2 atom stereocenters. The summed E-state index contributed by atoms with van der Waals surface area (Å²) in [5, 5.41) is 5.80. The normalized spacial score (nSPS) is 24.8. The van der Waals surface area contributed by atoms with Gasteiger partial charge in [0.05, 0.1) is 5.56 Å². The molecule has 0 saturated carbocycles.